The normalized spacial score (nSPS) is 12.0. The zero-order valence-corrected chi connectivity index (χ0v) is 13.3. The Morgan fingerprint density at radius 3 is 2.52 bits per heavy atom. The zero-order valence-electron chi connectivity index (χ0n) is 13.3. The van der Waals surface area contributed by atoms with E-state index in [4.69, 9.17) is 10.5 Å². The van der Waals surface area contributed by atoms with Crippen LogP contribution in [0.25, 0.3) is 0 Å². The Hall–Kier alpha value is -2.00. The first-order valence-corrected chi connectivity index (χ1v) is 7.20. The third-order valence-corrected chi connectivity index (χ3v) is 3.78. The van der Waals surface area contributed by atoms with Crippen molar-refractivity contribution in [3.8, 4) is 5.75 Å². The maximum absolute atomic E-state index is 6.41. The van der Waals surface area contributed by atoms with Crippen LogP contribution in [-0.2, 0) is 0 Å². The molecule has 0 bridgehead atoms. The molecule has 0 radical (unpaired) electrons. The Morgan fingerprint density at radius 1 is 1.14 bits per heavy atom. The molecule has 0 aliphatic heterocycles. The van der Waals surface area contributed by atoms with E-state index >= 15 is 0 Å². The molecule has 0 aromatic heterocycles. The van der Waals surface area contributed by atoms with Gasteiger partial charge in [-0.3, -0.25) is 0 Å². The molecule has 0 saturated heterocycles. The fourth-order valence-electron chi connectivity index (χ4n) is 2.63. The highest BCUT2D eigenvalue weighted by atomic mass is 16.5. The van der Waals surface area contributed by atoms with Crippen LogP contribution in [0, 0.1) is 13.8 Å². The number of benzene rings is 2. The van der Waals surface area contributed by atoms with Gasteiger partial charge >= 0.3 is 0 Å². The standard InChI is InChI=1S/C18H24N2O/c1-13-9-10-18(21-4)15(11-13)16(19)12-20(3)17-8-6-5-7-14(17)2/h5-11,16H,12,19H2,1-4H3. The molecule has 2 aromatic carbocycles. The summed E-state index contributed by atoms with van der Waals surface area (Å²) in [6.45, 7) is 4.93. The van der Waals surface area contributed by atoms with Crippen molar-refractivity contribution in [2.75, 3.05) is 25.6 Å². The second-order valence-corrected chi connectivity index (χ2v) is 5.52. The lowest BCUT2D eigenvalue weighted by molar-refractivity contribution is 0.405. The summed E-state index contributed by atoms with van der Waals surface area (Å²) in [6.07, 6.45) is 0. The predicted molar refractivity (Wildman–Crippen MR) is 89.1 cm³/mol. The summed E-state index contributed by atoms with van der Waals surface area (Å²) in [4.78, 5) is 2.20. The summed E-state index contributed by atoms with van der Waals surface area (Å²) in [5.74, 6) is 0.853. The molecule has 0 amide bonds. The Labute approximate surface area is 127 Å². The minimum absolute atomic E-state index is 0.0931. The number of ether oxygens (including phenoxy) is 1. The monoisotopic (exact) mass is 284 g/mol. The van der Waals surface area contributed by atoms with Crippen LogP contribution in [0.3, 0.4) is 0 Å². The maximum atomic E-state index is 6.41. The van der Waals surface area contributed by atoms with E-state index < -0.39 is 0 Å². The zero-order chi connectivity index (χ0) is 15.4. The molecular weight excluding hydrogens is 260 g/mol. The first-order chi connectivity index (χ1) is 10.0. The van der Waals surface area contributed by atoms with Crippen LogP contribution >= 0.6 is 0 Å². The predicted octanol–water partition coefficient (Wildman–Crippen LogP) is 3.45. The molecule has 0 aliphatic carbocycles. The molecule has 1 atom stereocenters. The fourth-order valence-corrected chi connectivity index (χ4v) is 2.63. The lowest BCUT2D eigenvalue weighted by Gasteiger charge is -2.26. The minimum atomic E-state index is -0.0931. The number of anilines is 1. The van der Waals surface area contributed by atoms with Gasteiger partial charge in [-0.15, -0.1) is 0 Å². The van der Waals surface area contributed by atoms with E-state index in [2.05, 4.69) is 56.1 Å². The van der Waals surface area contributed by atoms with E-state index in [1.807, 2.05) is 12.1 Å². The average molecular weight is 284 g/mol. The van der Waals surface area contributed by atoms with Crippen LogP contribution in [0.2, 0.25) is 0 Å². The van der Waals surface area contributed by atoms with Gasteiger partial charge in [0.05, 0.1) is 13.2 Å². The Kier molecular flexibility index (Phi) is 4.86. The molecule has 0 heterocycles. The van der Waals surface area contributed by atoms with Gasteiger partial charge in [0.1, 0.15) is 5.75 Å². The highest BCUT2D eigenvalue weighted by Crippen LogP contribution is 2.27. The molecule has 0 saturated carbocycles. The van der Waals surface area contributed by atoms with E-state index in [9.17, 15) is 0 Å². The van der Waals surface area contributed by atoms with Crippen molar-refractivity contribution in [1.82, 2.24) is 0 Å². The first-order valence-electron chi connectivity index (χ1n) is 7.20. The van der Waals surface area contributed by atoms with Crippen molar-refractivity contribution in [2.24, 2.45) is 5.73 Å². The van der Waals surface area contributed by atoms with Crippen LogP contribution in [0.15, 0.2) is 42.5 Å². The van der Waals surface area contributed by atoms with Gasteiger partial charge in [0.25, 0.3) is 0 Å². The molecule has 0 spiro atoms. The molecule has 112 valence electrons. The number of methoxy groups -OCH3 is 1. The number of nitrogens with zero attached hydrogens (tertiary/aromatic N) is 1. The summed E-state index contributed by atoms with van der Waals surface area (Å²) < 4.78 is 5.43. The first kappa shape index (κ1) is 15.4. The van der Waals surface area contributed by atoms with E-state index in [1.165, 1.54) is 16.8 Å². The summed E-state index contributed by atoms with van der Waals surface area (Å²) in [6, 6.07) is 14.4. The van der Waals surface area contributed by atoms with Gasteiger partial charge in [-0.2, -0.15) is 0 Å². The van der Waals surface area contributed by atoms with E-state index in [0.717, 1.165) is 17.9 Å². The SMILES string of the molecule is COc1ccc(C)cc1C(N)CN(C)c1ccccc1C. The van der Waals surface area contributed by atoms with E-state index in [0.29, 0.717) is 0 Å². The smallest absolute Gasteiger partial charge is 0.123 e. The topological polar surface area (TPSA) is 38.5 Å². The summed E-state index contributed by atoms with van der Waals surface area (Å²) in [5.41, 5.74) is 11.1. The van der Waals surface area contributed by atoms with Crippen LogP contribution in [0.5, 0.6) is 5.75 Å². The molecule has 3 heteroatoms. The minimum Gasteiger partial charge on any atom is -0.496 e. The van der Waals surface area contributed by atoms with Crippen molar-refractivity contribution in [1.29, 1.82) is 0 Å². The lowest BCUT2D eigenvalue weighted by atomic mass is 10.0. The van der Waals surface area contributed by atoms with E-state index in [1.54, 1.807) is 7.11 Å². The molecule has 2 aromatic rings. The molecule has 0 fully saturated rings. The van der Waals surface area contributed by atoms with Crippen LogP contribution < -0.4 is 15.4 Å². The second kappa shape index (κ2) is 6.64. The van der Waals surface area contributed by atoms with Gasteiger partial charge in [0.15, 0.2) is 0 Å². The summed E-state index contributed by atoms with van der Waals surface area (Å²) in [7, 11) is 3.76. The van der Waals surface area contributed by atoms with E-state index in [-0.39, 0.29) is 6.04 Å². The van der Waals surface area contributed by atoms with Gasteiger partial charge in [-0.05, 0) is 31.5 Å². The second-order valence-electron chi connectivity index (χ2n) is 5.52. The van der Waals surface area contributed by atoms with Gasteiger partial charge in [0, 0.05) is 24.8 Å². The highest BCUT2D eigenvalue weighted by molar-refractivity contribution is 5.53. The van der Waals surface area contributed by atoms with Crippen LogP contribution in [0.4, 0.5) is 5.69 Å². The summed E-state index contributed by atoms with van der Waals surface area (Å²) >= 11 is 0. The number of hydrogen-bond donors (Lipinski definition) is 1. The number of hydrogen-bond acceptors (Lipinski definition) is 3. The number of aryl methyl sites for hydroxylation is 2. The molecule has 2 rings (SSSR count). The largest absolute Gasteiger partial charge is 0.496 e. The van der Waals surface area contributed by atoms with Crippen molar-refractivity contribution in [3.05, 3.63) is 59.2 Å². The molecule has 3 nitrogen and oxygen atoms in total. The molecule has 0 aliphatic rings. The Bertz CT molecular complexity index is 610. The lowest BCUT2D eigenvalue weighted by Crippen LogP contribution is -2.29. The van der Waals surface area contributed by atoms with Crippen molar-refractivity contribution >= 4 is 5.69 Å². The van der Waals surface area contributed by atoms with Crippen LogP contribution in [0.1, 0.15) is 22.7 Å². The number of para-hydroxylation sites is 1. The molecule has 21 heavy (non-hydrogen) atoms. The third kappa shape index (κ3) is 3.56. The highest BCUT2D eigenvalue weighted by Gasteiger charge is 2.15. The Balaban J connectivity index is 2.20. The van der Waals surface area contributed by atoms with Crippen LogP contribution in [-0.4, -0.2) is 20.7 Å². The van der Waals surface area contributed by atoms with Gasteiger partial charge < -0.3 is 15.4 Å². The number of likely N-dealkylation sites (N-methyl/N-ethyl adjacent to an activating group) is 1. The number of nitrogens with two attached hydrogens (primary N) is 1. The quantitative estimate of drug-likeness (QED) is 0.914. The van der Waals surface area contributed by atoms with Crippen molar-refractivity contribution in [2.45, 2.75) is 19.9 Å². The van der Waals surface area contributed by atoms with Gasteiger partial charge in [-0.25, -0.2) is 0 Å². The molecule has 1 unspecified atom stereocenters. The van der Waals surface area contributed by atoms with Gasteiger partial charge in [0.2, 0.25) is 0 Å². The van der Waals surface area contributed by atoms with Gasteiger partial charge in [-0.1, -0.05) is 35.9 Å². The molecule has 2 N–H and O–H groups in total. The fraction of sp³-hybridized carbons (Fsp3) is 0.333. The Morgan fingerprint density at radius 2 is 1.86 bits per heavy atom. The maximum Gasteiger partial charge on any atom is 0.123 e. The van der Waals surface area contributed by atoms with Crippen molar-refractivity contribution < 1.29 is 4.74 Å². The third-order valence-electron chi connectivity index (χ3n) is 3.78. The number of rotatable bonds is 5. The molecular formula is C18H24N2O. The average Bonchev–Trinajstić information content (AvgIpc) is 2.47. The summed E-state index contributed by atoms with van der Waals surface area (Å²) in [5, 5.41) is 0. The van der Waals surface area contributed by atoms with Crippen molar-refractivity contribution in [3.63, 3.8) is 0 Å².